The maximum atomic E-state index is 13.9. The summed E-state index contributed by atoms with van der Waals surface area (Å²) < 4.78 is 31.8. The van der Waals surface area contributed by atoms with Crippen LogP contribution < -0.4 is 10.1 Å². The van der Waals surface area contributed by atoms with E-state index in [9.17, 15) is 14.1 Å². The molecular weight excluding hydrogens is 679 g/mol. The standard InChI is InChI=1S/C39H45N7O5S/c1-25-35(32-18-28-15-16-30(21-40-52(49)39(2,3)4)41-36(28)45(32)22-26-13-14-26)43-33-19-29(20-34(50-5)46(25)33)37(47)44-17-9-12-31(23-44)42-38(48)51-24-27-10-7-6-8-11-27/h6-8,10-11,15-16,18-21,26,31H,9,12-14,17,22-24H2,1-5H3,(H,42,48)/t31-,52?/m1/s1. The lowest BCUT2D eigenvalue weighted by atomic mass is 10.0. The summed E-state index contributed by atoms with van der Waals surface area (Å²) in [6.07, 6.45) is 4.92. The molecule has 7 rings (SSSR count). The minimum atomic E-state index is -1.39. The molecule has 0 bridgehead atoms. The molecule has 2 fully saturated rings. The fourth-order valence-electron chi connectivity index (χ4n) is 6.60. The van der Waals surface area contributed by atoms with Gasteiger partial charge in [0, 0.05) is 42.7 Å². The first kappa shape index (κ1) is 35.5. The molecule has 1 saturated carbocycles. The largest absolute Gasteiger partial charge is 0.591 e. The maximum Gasteiger partial charge on any atom is 0.407 e. The molecule has 1 N–H and O–H groups in total. The van der Waals surface area contributed by atoms with Crippen molar-refractivity contribution in [2.45, 2.75) is 77.3 Å². The molecule has 5 heterocycles. The second-order valence-corrected chi connectivity index (χ2v) is 16.6. The number of ether oxygens (including phenoxy) is 2. The van der Waals surface area contributed by atoms with Crippen LogP contribution in [0.25, 0.3) is 28.1 Å². The van der Waals surface area contributed by atoms with E-state index in [-0.39, 0.29) is 18.6 Å². The van der Waals surface area contributed by atoms with Gasteiger partial charge in [-0.2, -0.15) is 0 Å². The molecule has 2 aliphatic rings. The van der Waals surface area contributed by atoms with Gasteiger partial charge in [-0.15, -0.1) is 0 Å². The number of hydrogen-bond donors (Lipinski definition) is 1. The highest BCUT2D eigenvalue weighted by atomic mass is 32.2. The number of alkyl carbamates (subject to hydrolysis) is 1. The number of hydrogen-bond acceptors (Lipinski definition) is 8. The normalized spacial score (nSPS) is 17.2. The Morgan fingerprint density at radius 3 is 2.60 bits per heavy atom. The van der Waals surface area contributed by atoms with E-state index in [4.69, 9.17) is 19.4 Å². The first-order valence-corrected chi connectivity index (χ1v) is 18.9. The van der Waals surface area contributed by atoms with Crippen molar-refractivity contribution >= 4 is 46.3 Å². The summed E-state index contributed by atoms with van der Waals surface area (Å²) in [7, 11) is 1.59. The predicted molar refractivity (Wildman–Crippen MR) is 202 cm³/mol. The monoisotopic (exact) mass is 723 g/mol. The number of carbonyl (C=O) groups excluding carboxylic acids is 2. The number of methoxy groups -OCH3 is 1. The first-order chi connectivity index (χ1) is 25.0. The average Bonchev–Trinajstić information content (AvgIpc) is 3.81. The van der Waals surface area contributed by atoms with Crippen molar-refractivity contribution in [3.8, 4) is 17.3 Å². The zero-order chi connectivity index (χ0) is 36.6. The third-order valence-corrected chi connectivity index (χ3v) is 10.9. The van der Waals surface area contributed by atoms with Gasteiger partial charge in [-0.05, 0) is 89.1 Å². The van der Waals surface area contributed by atoms with Crippen LogP contribution in [-0.2, 0) is 29.3 Å². The summed E-state index contributed by atoms with van der Waals surface area (Å²) in [4.78, 5) is 38.3. The molecule has 1 aliphatic heterocycles. The Kier molecular flexibility index (Phi) is 9.99. The van der Waals surface area contributed by atoms with Crippen molar-refractivity contribution < 1.29 is 23.6 Å². The highest BCUT2D eigenvalue weighted by Crippen LogP contribution is 2.37. The molecule has 0 spiro atoms. The number of pyridine rings is 2. The summed E-state index contributed by atoms with van der Waals surface area (Å²) in [5, 5.41) is 3.91. The highest BCUT2D eigenvalue weighted by Gasteiger charge is 2.30. The van der Waals surface area contributed by atoms with Gasteiger partial charge in [0.1, 0.15) is 45.9 Å². The molecular formula is C39H45N7O5S. The summed E-state index contributed by atoms with van der Waals surface area (Å²) in [5.74, 6) is 0.911. The van der Waals surface area contributed by atoms with Gasteiger partial charge in [0.2, 0.25) is 0 Å². The van der Waals surface area contributed by atoms with Crippen LogP contribution in [0.4, 0.5) is 4.79 Å². The van der Waals surface area contributed by atoms with Crippen molar-refractivity contribution in [3.63, 3.8) is 0 Å². The van der Waals surface area contributed by atoms with Gasteiger partial charge in [0.05, 0.1) is 24.2 Å². The van der Waals surface area contributed by atoms with Crippen LogP contribution in [0, 0.1) is 12.8 Å². The number of aromatic nitrogens is 4. The van der Waals surface area contributed by atoms with Gasteiger partial charge >= 0.3 is 6.09 Å². The fraction of sp³-hybridized carbons (Fsp3) is 0.410. The zero-order valence-corrected chi connectivity index (χ0v) is 31.1. The van der Waals surface area contributed by atoms with Crippen molar-refractivity contribution in [2.75, 3.05) is 20.2 Å². The SMILES string of the molecule is COc1cc(C(=O)N2CCC[C@@H](NC(=O)OCc3ccccc3)C2)cc2nc(-c3cc4ccc(C=N[S+]([O-])C(C)(C)C)nc4n3CC3CC3)c(C)n12. The lowest BCUT2D eigenvalue weighted by Crippen LogP contribution is -2.49. The van der Waals surface area contributed by atoms with Crippen LogP contribution >= 0.6 is 0 Å². The Labute approximate surface area is 306 Å². The summed E-state index contributed by atoms with van der Waals surface area (Å²) in [6.45, 7) is 9.62. The van der Waals surface area contributed by atoms with E-state index in [2.05, 4.69) is 20.3 Å². The van der Waals surface area contributed by atoms with Gasteiger partial charge in [0.25, 0.3) is 5.91 Å². The minimum absolute atomic E-state index is 0.152. The van der Waals surface area contributed by atoms with Crippen LogP contribution in [0.5, 0.6) is 5.88 Å². The number of piperidine rings is 1. The Hall–Kier alpha value is -4.88. The van der Waals surface area contributed by atoms with Crippen molar-refractivity contribution in [1.82, 2.24) is 29.2 Å². The molecule has 1 aliphatic carbocycles. The fourth-order valence-corrected chi connectivity index (χ4v) is 7.12. The molecule has 12 nitrogen and oxygen atoms in total. The number of rotatable bonds is 10. The number of imidazole rings is 1. The number of fused-ring (bicyclic) bond motifs is 2. The minimum Gasteiger partial charge on any atom is -0.591 e. The topological polar surface area (TPSA) is 138 Å². The van der Waals surface area contributed by atoms with E-state index in [1.54, 1.807) is 24.3 Å². The molecule has 13 heteroatoms. The number of benzene rings is 1. The molecule has 52 heavy (non-hydrogen) atoms. The third kappa shape index (κ3) is 7.65. The molecule has 2 amide bonds. The highest BCUT2D eigenvalue weighted by molar-refractivity contribution is 7.91. The summed E-state index contributed by atoms with van der Waals surface area (Å²) >= 11 is -1.39. The van der Waals surface area contributed by atoms with Crippen molar-refractivity contribution in [2.24, 2.45) is 10.3 Å². The van der Waals surface area contributed by atoms with E-state index in [0.29, 0.717) is 41.8 Å². The second kappa shape index (κ2) is 14.6. The molecule has 2 atom stereocenters. The number of carbonyl (C=O) groups is 2. The van der Waals surface area contributed by atoms with Crippen molar-refractivity contribution in [1.29, 1.82) is 0 Å². The summed E-state index contributed by atoms with van der Waals surface area (Å²) in [5.41, 5.74) is 6.02. The lowest BCUT2D eigenvalue weighted by molar-refractivity contribution is 0.0682. The van der Waals surface area contributed by atoms with E-state index in [1.807, 2.05) is 80.6 Å². The molecule has 4 aromatic heterocycles. The van der Waals surface area contributed by atoms with E-state index in [1.165, 1.54) is 0 Å². The van der Waals surface area contributed by atoms with Crippen LogP contribution in [0.15, 0.2) is 65.1 Å². The van der Waals surface area contributed by atoms with E-state index in [0.717, 1.165) is 65.9 Å². The Bertz CT molecular complexity index is 2130. The molecule has 272 valence electrons. The molecule has 0 radical (unpaired) electrons. The average molecular weight is 724 g/mol. The van der Waals surface area contributed by atoms with Gasteiger partial charge in [-0.3, -0.25) is 9.20 Å². The quantitative estimate of drug-likeness (QED) is 0.128. The van der Waals surface area contributed by atoms with Crippen LogP contribution in [-0.4, -0.2) is 77.6 Å². The smallest absolute Gasteiger partial charge is 0.407 e. The van der Waals surface area contributed by atoms with E-state index < -0.39 is 22.2 Å². The molecule has 5 aromatic rings. The van der Waals surface area contributed by atoms with E-state index >= 15 is 0 Å². The lowest BCUT2D eigenvalue weighted by Gasteiger charge is -2.33. The molecule has 1 unspecified atom stereocenters. The summed E-state index contributed by atoms with van der Waals surface area (Å²) in [6, 6.07) is 18.9. The Morgan fingerprint density at radius 2 is 1.87 bits per heavy atom. The predicted octanol–water partition coefficient (Wildman–Crippen LogP) is 6.49. The zero-order valence-electron chi connectivity index (χ0n) is 30.3. The number of likely N-dealkylation sites (tertiary alicyclic amines) is 1. The van der Waals surface area contributed by atoms with Crippen LogP contribution in [0.2, 0.25) is 0 Å². The maximum absolute atomic E-state index is 13.9. The van der Waals surface area contributed by atoms with Gasteiger partial charge in [-0.25, -0.2) is 14.8 Å². The second-order valence-electron chi connectivity index (χ2n) is 14.7. The van der Waals surface area contributed by atoms with Crippen LogP contribution in [0.1, 0.15) is 73.8 Å². The van der Waals surface area contributed by atoms with Gasteiger partial charge in [-0.1, -0.05) is 34.7 Å². The first-order valence-electron chi connectivity index (χ1n) is 17.8. The Balaban J connectivity index is 1.15. The van der Waals surface area contributed by atoms with Gasteiger partial charge in [0.15, 0.2) is 5.88 Å². The number of aryl methyl sites for hydroxylation is 1. The number of amides is 2. The molecule has 1 aromatic carbocycles. The van der Waals surface area contributed by atoms with Gasteiger partial charge < -0.3 is 28.8 Å². The molecule has 1 saturated heterocycles. The van der Waals surface area contributed by atoms with Crippen molar-refractivity contribution in [3.05, 3.63) is 83.2 Å². The third-order valence-electron chi connectivity index (χ3n) is 9.57. The van der Waals surface area contributed by atoms with Crippen LogP contribution in [0.3, 0.4) is 0 Å². The number of nitrogens with zero attached hydrogens (tertiary/aromatic N) is 6. The Morgan fingerprint density at radius 1 is 1.08 bits per heavy atom. The number of nitrogens with one attached hydrogen (secondary N) is 1.